The van der Waals surface area contributed by atoms with E-state index in [2.05, 4.69) is 31.3 Å². The monoisotopic (exact) mass is 318 g/mol. The van der Waals surface area contributed by atoms with Crippen LogP contribution in [0.1, 0.15) is 59.4 Å². The third kappa shape index (κ3) is 4.88. The summed E-state index contributed by atoms with van der Waals surface area (Å²) in [6, 6.07) is 6.73. The van der Waals surface area contributed by atoms with E-state index in [1.165, 1.54) is 24.8 Å². The van der Waals surface area contributed by atoms with Crippen LogP contribution in [-0.4, -0.2) is 24.3 Å². The van der Waals surface area contributed by atoms with Crippen LogP contribution in [0.5, 0.6) is 0 Å². The lowest BCUT2D eigenvalue weighted by Crippen LogP contribution is -2.35. The van der Waals surface area contributed by atoms with Gasteiger partial charge in [0.05, 0.1) is 5.69 Å². The molecule has 1 aromatic carbocycles. The van der Waals surface area contributed by atoms with Crippen molar-refractivity contribution in [2.45, 2.75) is 71.9 Å². The Morgan fingerprint density at radius 3 is 2.78 bits per heavy atom. The van der Waals surface area contributed by atoms with Gasteiger partial charge in [0.1, 0.15) is 5.60 Å². The molecule has 23 heavy (non-hydrogen) atoms. The second-order valence-electron chi connectivity index (χ2n) is 7.41. The second-order valence-corrected chi connectivity index (χ2v) is 7.41. The van der Waals surface area contributed by atoms with Crippen molar-refractivity contribution in [1.82, 2.24) is 0 Å². The maximum atomic E-state index is 12.3. The SMILES string of the molecule is CCCCC(C)Nc1ccc2c(c1)CCN2C(=O)OC(C)(C)C. The van der Waals surface area contributed by atoms with Gasteiger partial charge in [-0.3, -0.25) is 4.90 Å². The largest absolute Gasteiger partial charge is 0.443 e. The molecule has 1 aliphatic rings. The van der Waals surface area contributed by atoms with Crippen LogP contribution in [0.25, 0.3) is 0 Å². The summed E-state index contributed by atoms with van der Waals surface area (Å²) in [4.78, 5) is 14.0. The van der Waals surface area contributed by atoms with Crippen LogP contribution in [0.3, 0.4) is 0 Å². The molecule has 1 amide bonds. The second kappa shape index (κ2) is 7.24. The first kappa shape index (κ1) is 17.6. The first-order valence-corrected chi connectivity index (χ1v) is 8.70. The normalized spacial score (nSPS) is 15.3. The van der Waals surface area contributed by atoms with Crippen molar-refractivity contribution in [3.8, 4) is 0 Å². The number of anilines is 2. The molecule has 0 aromatic heterocycles. The molecule has 0 saturated heterocycles. The lowest BCUT2D eigenvalue weighted by molar-refractivity contribution is 0.0584. The lowest BCUT2D eigenvalue weighted by Gasteiger charge is -2.25. The predicted molar refractivity (Wildman–Crippen MR) is 96.3 cm³/mol. The molecule has 1 N–H and O–H groups in total. The minimum atomic E-state index is -0.462. The molecular weight excluding hydrogens is 288 g/mol. The summed E-state index contributed by atoms with van der Waals surface area (Å²) < 4.78 is 5.49. The van der Waals surface area contributed by atoms with Crippen LogP contribution in [0.2, 0.25) is 0 Å². The van der Waals surface area contributed by atoms with Gasteiger partial charge in [0.2, 0.25) is 0 Å². The number of nitrogens with zero attached hydrogens (tertiary/aromatic N) is 1. The molecule has 0 aliphatic carbocycles. The van der Waals surface area contributed by atoms with Gasteiger partial charge < -0.3 is 10.1 Å². The molecule has 4 nitrogen and oxygen atoms in total. The van der Waals surface area contributed by atoms with Crippen molar-refractivity contribution in [3.63, 3.8) is 0 Å². The summed E-state index contributed by atoms with van der Waals surface area (Å²) >= 11 is 0. The first-order valence-electron chi connectivity index (χ1n) is 8.70. The summed E-state index contributed by atoms with van der Waals surface area (Å²) in [6.07, 6.45) is 4.27. The van der Waals surface area contributed by atoms with Crippen LogP contribution >= 0.6 is 0 Å². The Hall–Kier alpha value is -1.71. The Morgan fingerprint density at radius 2 is 2.13 bits per heavy atom. The summed E-state index contributed by atoms with van der Waals surface area (Å²) in [6.45, 7) is 10.8. The number of amides is 1. The minimum absolute atomic E-state index is 0.256. The molecule has 2 rings (SSSR count). The molecule has 0 radical (unpaired) electrons. The van der Waals surface area contributed by atoms with Crippen molar-refractivity contribution in [1.29, 1.82) is 0 Å². The molecular formula is C19H30N2O2. The van der Waals surface area contributed by atoms with Crippen LogP contribution in [-0.2, 0) is 11.2 Å². The third-order valence-corrected chi connectivity index (χ3v) is 3.99. The average Bonchev–Trinajstić information content (AvgIpc) is 2.86. The maximum Gasteiger partial charge on any atom is 0.414 e. The number of hydrogen-bond acceptors (Lipinski definition) is 3. The van der Waals surface area contributed by atoms with Crippen molar-refractivity contribution in [3.05, 3.63) is 23.8 Å². The summed E-state index contributed by atoms with van der Waals surface area (Å²) in [7, 11) is 0. The van der Waals surface area contributed by atoms with Gasteiger partial charge in [0.25, 0.3) is 0 Å². The van der Waals surface area contributed by atoms with E-state index in [-0.39, 0.29) is 6.09 Å². The smallest absolute Gasteiger partial charge is 0.414 e. The maximum absolute atomic E-state index is 12.3. The van der Waals surface area contributed by atoms with Gasteiger partial charge in [-0.15, -0.1) is 0 Å². The lowest BCUT2D eigenvalue weighted by atomic mass is 10.1. The highest BCUT2D eigenvalue weighted by Crippen LogP contribution is 2.32. The number of nitrogens with one attached hydrogen (secondary N) is 1. The number of ether oxygens (including phenoxy) is 1. The van der Waals surface area contributed by atoms with E-state index in [0.717, 1.165) is 17.8 Å². The fraction of sp³-hybridized carbons (Fsp3) is 0.632. The van der Waals surface area contributed by atoms with Crippen LogP contribution in [0, 0.1) is 0 Å². The molecule has 1 heterocycles. The fourth-order valence-corrected chi connectivity index (χ4v) is 2.87. The quantitative estimate of drug-likeness (QED) is 0.833. The van der Waals surface area contributed by atoms with Crippen LogP contribution in [0.4, 0.5) is 16.2 Å². The minimum Gasteiger partial charge on any atom is -0.443 e. The van der Waals surface area contributed by atoms with Crippen molar-refractivity contribution in [2.75, 3.05) is 16.8 Å². The summed E-state index contributed by atoms with van der Waals surface area (Å²) in [5.74, 6) is 0. The molecule has 1 aromatic rings. The summed E-state index contributed by atoms with van der Waals surface area (Å²) in [5, 5.41) is 3.55. The standard InChI is InChI=1S/C19H30N2O2/c1-6-7-8-14(2)20-16-9-10-17-15(13-16)11-12-21(17)18(22)23-19(3,4)5/h9-10,13-14,20H,6-8,11-12H2,1-5H3. The number of fused-ring (bicyclic) bond motifs is 1. The number of carbonyl (C=O) groups is 1. The zero-order chi connectivity index (χ0) is 17.0. The first-order chi connectivity index (χ1) is 10.8. The van der Waals surface area contributed by atoms with Crippen LogP contribution in [0.15, 0.2) is 18.2 Å². The Kier molecular flexibility index (Phi) is 5.55. The molecule has 0 bridgehead atoms. The van der Waals surface area contributed by atoms with Crippen molar-refractivity contribution < 1.29 is 9.53 Å². The van der Waals surface area contributed by atoms with Gasteiger partial charge in [0, 0.05) is 18.3 Å². The van der Waals surface area contributed by atoms with Gasteiger partial charge in [-0.1, -0.05) is 19.8 Å². The van der Waals surface area contributed by atoms with E-state index in [1.807, 2.05) is 26.8 Å². The molecule has 1 unspecified atom stereocenters. The Labute approximate surface area is 140 Å². The number of unbranched alkanes of at least 4 members (excludes halogenated alkanes) is 1. The molecule has 1 aliphatic heterocycles. The van der Waals surface area contributed by atoms with Crippen molar-refractivity contribution in [2.24, 2.45) is 0 Å². The van der Waals surface area contributed by atoms with Crippen molar-refractivity contribution >= 4 is 17.5 Å². The predicted octanol–water partition coefficient (Wildman–Crippen LogP) is 4.97. The van der Waals surface area contributed by atoms with Gasteiger partial charge >= 0.3 is 6.09 Å². The van der Waals surface area contributed by atoms with E-state index in [1.54, 1.807) is 4.90 Å². The zero-order valence-corrected chi connectivity index (χ0v) is 15.1. The highest BCUT2D eigenvalue weighted by molar-refractivity contribution is 5.91. The summed E-state index contributed by atoms with van der Waals surface area (Å²) in [5.41, 5.74) is 2.86. The molecule has 0 spiro atoms. The van der Waals surface area contributed by atoms with E-state index >= 15 is 0 Å². The fourth-order valence-electron chi connectivity index (χ4n) is 2.87. The van der Waals surface area contributed by atoms with Crippen LogP contribution < -0.4 is 10.2 Å². The molecule has 4 heteroatoms. The van der Waals surface area contributed by atoms with E-state index < -0.39 is 5.60 Å². The van der Waals surface area contributed by atoms with E-state index in [4.69, 9.17) is 4.74 Å². The number of carbonyl (C=O) groups excluding carboxylic acids is 1. The molecule has 128 valence electrons. The van der Waals surface area contributed by atoms with Gasteiger partial charge in [-0.05, 0) is 64.3 Å². The van der Waals surface area contributed by atoms with Gasteiger partial charge in [-0.2, -0.15) is 0 Å². The highest BCUT2D eigenvalue weighted by atomic mass is 16.6. The number of rotatable bonds is 5. The Balaban J connectivity index is 2.04. The molecule has 0 fully saturated rings. The zero-order valence-electron chi connectivity index (χ0n) is 15.1. The van der Waals surface area contributed by atoms with Gasteiger partial charge in [0.15, 0.2) is 0 Å². The van der Waals surface area contributed by atoms with E-state index in [9.17, 15) is 4.79 Å². The Morgan fingerprint density at radius 1 is 1.39 bits per heavy atom. The number of benzene rings is 1. The van der Waals surface area contributed by atoms with Gasteiger partial charge in [-0.25, -0.2) is 4.79 Å². The van der Waals surface area contributed by atoms with E-state index in [0.29, 0.717) is 12.6 Å². The Bertz CT molecular complexity index is 549. The third-order valence-electron chi connectivity index (χ3n) is 3.99. The molecule has 0 saturated carbocycles. The topological polar surface area (TPSA) is 41.6 Å². The molecule has 1 atom stereocenters. The average molecular weight is 318 g/mol. The number of hydrogen-bond donors (Lipinski definition) is 1. The highest BCUT2D eigenvalue weighted by Gasteiger charge is 2.28.